The number of pyridine rings is 1. The summed E-state index contributed by atoms with van der Waals surface area (Å²) in [6.07, 6.45) is 1.86. The van der Waals surface area contributed by atoms with Gasteiger partial charge < -0.3 is 5.11 Å². The lowest BCUT2D eigenvalue weighted by atomic mass is 10.1. The van der Waals surface area contributed by atoms with E-state index in [1.54, 1.807) is 31.2 Å². The summed E-state index contributed by atoms with van der Waals surface area (Å²) in [6, 6.07) is 12.6. The third-order valence-corrected chi connectivity index (χ3v) is 3.70. The summed E-state index contributed by atoms with van der Waals surface area (Å²) in [5, 5.41) is 14.0. The molecule has 0 saturated carbocycles. The minimum absolute atomic E-state index is 0.173. The lowest BCUT2D eigenvalue weighted by molar-refractivity contribution is 0.0956. The van der Waals surface area contributed by atoms with Gasteiger partial charge in [0.25, 0.3) is 5.91 Å². The maximum Gasteiger partial charge on any atom is 0.272 e. The molecule has 0 aliphatic heterocycles. The normalized spacial score (nSPS) is 11.1. The first-order valence-corrected chi connectivity index (χ1v) is 7.70. The van der Waals surface area contributed by atoms with Crippen LogP contribution in [0, 0.1) is 12.7 Å². The predicted octanol–water partition coefficient (Wildman–Crippen LogP) is 3.35. The Balaban J connectivity index is 1.77. The maximum absolute atomic E-state index is 13.5. The Labute approximate surface area is 143 Å². The predicted molar refractivity (Wildman–Crippen MR) is 94.2 cm³/mol. The molecule has 5 nitrogen and oxygen atoms in total. The summed E-state index contributed by atoms with van der Waals surface area (Å²) in [4.78, 5) is 16.7. The average molecular weight is 337 g/mol. The van der Waals surface area contributed by atoms with Gasteiger partial charge >= 0.3 is 0 Å². The number of aryl methyl sites for hydroxylation is 1. The molecule has 0 unspecified atom stereocenters. The number of phenols is 1. The van der Waals surface area contributed by atoms with Crippen molar-refractivity contribution in [2.45, 2.75) is 13.3 Å². The van der Waals surface area contributed by atoms with Crippen molar-refractivity contribution in [1.29, 1.82) is 0 Å². The van der Waals surface area contributed by atoms with Crippen molar-refractivity contribution < 1.29 is 14.3 Å². The van der Waals surface area contributed by atoms with Crippen LogP contribution >= 0.6 is 0 Å². The number of carbonyl (C=O) groups excluding carboxylic acids is 1. The van der Waals surface area contributed by atoms with Crippen molar-refractivity contribution in [2.75, 3.05) is 0 Å². The summed E-state index contributed by atoms with van der Waals surface area (Å²) in [7, 11) is 0. The molecule has 0 radical (unpaired) electrons. The minimum atomic E-state index is -0.449. The highest BCUT2D eigenvalue weighted by Gasteiger charge is 2.12. The molecule has 0 aliphatic carbocycles. The van der Waals surface area contributed by atoms with Gasteiger partial charge in [0, 0.05) is 23.7 Å². The van der Waals surface area contributed by atoms with Gasteiger partial charge in [-0.3, -0.25) is 9.78 Å². The lowest BCUT2D eigenvalue weighted by Crippen LogP contribution is -2.18. The van der Waals surface area contributed by atoms with Gasteiger partial charge in [0.15, 0.2) is 0 Å². The van der Waals surface area contributed by atoms with Crippen molar-refractivity contribution in [3.63, 3.8) is 0 Å². The molecule has 6 heteroatoms. The lowest BCUT2D eigenvalue weighted by Gasteiger charge is -2.07. The second-order valence-electron chi connectivity index (χ2n) is 5.56. The molecule has 0 saturated heterocycles. The van der Waals surface area contributed by atoms with Crippen molar-refractivity contribution >= 4 is 23.0 Å². The molecule has 1 aromatic heterocycles. The molecule has 1 amide bonds. The van der Waals surface area contributed by atoms with Crippen LogP contribution < -0.4 is 5.43 Å². The SMILES string of the molecule is Cc1cc(C(=O)N/N=C/Cc2ccccc2O)c2cc(F)ccc2n1. The Bertz CT molecular complexity index is 970. The van der Waals surface area contributed by atoms with E-state index in [2.05, 4.69) is 15.5 Å². The quantitative estimate of drug-likeness (QED) is 0.566. The van der Waals surface area contributed by atoms with E-state index in [9.17, 15) is 14.3 Å². The summed E-state index contributed by atoms with van der Waals surface area (Å²) in [6.45, 7) is 1.76. The standard InChI is InChI=1S/C19H16FN3O2/c1-12-10-16(15-11-14(20)6-7-17(15)22-12)19(25)23-21-9-8-13-4-2-3-5-18(13)24/h2-7,9-11,24H,8H2,1H3,(H,23,25)/b21-9+. The number of nitrogens with one attached hydrogen (secondary N) is 1. The van der Waals surface area contributed by atoms with Crippen molar-refractivity contribution in [1.82, 2.24) is 10.4 Å². The molecule has 0 aliphatic rings. The number of hydrazone groups is 1. The molecule has 0 bridgehead atoms. The molecule has 126 valence electrons. The van der Waals surface area contributed by atoms with Gasteiger partial charge in [-0.2, -0.15) is 5.10 Å². The zero-order valence-electron chi connectivity index (χ0n) is 13.5. The Morgan fingerprint density at radius 2 is 2.08 bits per heavy atom. The zero-order chi connectivity index (χ0) is 17.8. The van der Waals surface area contributed by atoms with Crippen molar-refractivity contribution in [3.05, 3.63) is 71.2 Å². The Hall–Kier alpha value is -3.28. The van der Waals surface area contributed by atoms with Crippen LogP contribution in [0.1, 0.15) is 21.6 Å². The molecule has 2 aromatic carbocycles. The molecule has 25 heavy (non-hydrogen) atoms. The first-order valence-electron chi connectivity index (χ1n) is 7.70. The van der Waals surface area contributed by atoms with Gasteiger partial charge in [-0.25, -0.2) is 9.82 Å². The number of amides is 1. The molecule has 1 heterocycles. The second-order valence-corrected chi connectivity index (χ2v) is 5.56. The first-order chi connectivity index (χ1) is 12.0. The summed E-state index contributed by atoms with van der Waals surface area (Å²) in [5.41, 5.74) is 4.64. The van der Waals surface area contributed by atoms with Gasteiger partial charge in [-0.05, 0) is 42.8 Å². The van der Waals surface area contributed by atoms with Crippen LogP contribution in [0.5, 0.6) is 5.75 Å². The van der Waals surface area contributed by atoms with Crippen LogP contribution in [0.2, 0.25) is 0 Å². The number of nitrogens with zero attached hydrogens (tertiary/aromatic N) is 2. The number of phenolic OH excluding ortho intramolecular Hbond substituents is 1. The topological polar surface area (TPSA) is 74.6 Å². The van der Waals surface area contributed by atoms with Crippen molar-refractivity contribution in [3.8, 4) is 5.75 Å². The van der Waals surface area contributed by atoms with E-state index >= 15 is 0 Å². The summed E-state index contributed by atoms with van der Waals surface area (Å²) < 4.78 is 13.5. The Morgan fingerprint density at radius 3 is 2.88 bits per heavy atom. The largest absolute Gasteiger partial charge is 0.508 e. The molecular weight excluding hydrogens is 321 g/mol. The minimum Gasteiger partial charge on any atom is -0.508 e. The van der Waals surface area contributed by atoms with E-state index in [4.69, 9.17) is 0 Å². The average Bonchev–Trinajstić information content (AvgIpc) is 2.59. The molecule has 3 aromatic rings. The van der Waals surface area contributed by atoms with Crippen LogP contribution in [0.3, 0.4) is 0 Å². The fourth-order valence-electron chi connectivity index (χ4n) is 2.51. The number of aromatic nitrogens is 1. The summed E-state index contributed by atoms with van der Waals surface area (Å²) >= 11 is 0. The van der Waals surface area contributed by atoms with Crippen LogP contribution in [-0.4, -0.2) is 22.2 Å². The zero-order valence-corrected chi connectivity index (χ0v) is 13.5. The molecule has 0 atom stereocenters. The van der Waals surface area contributed by atoms with Crippen LogP contribution in [0.4, 0.5) is 4.39 Å². The molecule has 0 fully saturated rings. The number of para-hydroxylation sites is 1. The highest BCUT2D eigenvalue weighted by molar-refractivity contribution is 6.06. The van der Waals surface area contributed by atoms with Crippen LogP contribution in [0.15, 0.2) is 53.6 Å². The van der Waals surface area contributed by atoms with Gasteiger partial charge in [0.05, 0.1) is 11.1 Å². The smallest absolute Gasteiger partial charge is 0.272 e. The van der Waals surface area contributed by atoms with Gasteiger partial charge in [0.2, 0.25) is 0 Å². The van der Waals surface area contributed by atoms with E-state index in [0.29, 0.717) is 34.1 Å². The van der Waals surface area contributed by atoms with Gasteiger partial charge in [0.1, 0.15) is 11.6 Å². The Morgan fingerprint density at radius 1 is 1.28 bits per heavy atom. The third-order valence-electron chi connectivity index (χ3n) is 3.70. The number of hydrogen-bond donors (Lipinski definition) is 2. The van der Waals surface area contributed by atoms with E-state index in [1.165, 1.54) is 24.4 Å². The van der Waals surface area contributed by atoms with E-state index in [1.807, 2.05) is 6.07 Å². The molecule has 2 N–H and O–H groups in total. The summed E-state index contributed by atoms with van der Waals surface area (Å²) in [5.74, 6) is -0.712. The van der Waals surface area contributed by atoms with E-state index in [0.717, 1.165) is 0 Å². The maximum atomic E-state index is 13.5. The number of carbonyl (C=O) groups is 1. The number of hydrogen-bond acceptors (Lipinski definition) is 4. The fraction of sp³-hybridized carbons (Fsp3) is 0.105. The number of benzene rings is 2. The second kappa shape index (κ2) is 7.09. The molecular formula is C19H16FN3O2. The van der Waals surface area contributed by atoms with Crippen LogP contribution in [0.25, 0.3) is 10.9 Å². The number of halogens is 1. The number of rotatable bonds is 4. The Kier molecular flexibility index (Phi) is 4.70. The number of fused-ring (bicyclic) bond motifs is 1. The highest BCUT2D eigenvalue weighted by atomic mass is 19.1. The monoisotopic (exact) mass is 337 g/mol. The first kappa shape index (κ1) is 16.6. The van der Waals surface area contributed by atoms with Crippen molar-refractivity contribution in [2.24, 2.45) is 5.10 Å². The van der Waals surface area contributed by atoms with Gasteiger partial charge in [-0.15, -0.1) is 0 Å². The number of aromatic hydroxyl groups is 1. The molecule has 0 spiro atoms. The van der Waals surface area contributed by atoms with E-state index in [-0.39, 0.29) is 5.75 Å². The fourth-order valence-corrected chi connectivity index (χ4v) is 2.51. The van der Waals surface area contributed by atoms with Crippen LogP contribution in [-0.2, 0) is 6.42 Å². The highest BCUT2D eigenvalue weighted by Crippen LogP contribution is 2.20. The molecule has 3 rings (SSSR count). The van der Waals surface area contributed by atoms with E-state index < -0.39 is 11.7 Å². The van der Waals surface area contributed by atoms with Gasteiger partial charge in [-0.1, -0.05) is 18.2 Å². The third kappa shape index (κ3) is 3.80.